The van der Waals surface area contributed by atoms with E-state index in [1.54, 1.807) is 0 Å². The fourth-order valence-corrected chi connectivity index (χ4v) is 3.37. The van der Waals surface area contributed by atoms with Crippen molar-refractivity contribution in [3.05, 3.63) is 0 Å². The number of amides is 1. The first kappa shape index (κ1) is 21.6. The molecule has 0 aromatic carbocycles. The van der Waals surface area contributed by atoms with E-state index in [1.165, 1.54) is 0 Å². The second-order valence-electron chi connectivity index (χ2n) is 6.61. The number of carbonyl (C=O) groups is 1. The number of rotatable bonds is 7. The Hall–Kier alpha value is -1.47. The predicted octanol–water partition coefficient (Wildman–Crippen LogP) is 2.73. The third-order valence-corrected chi connectivity index (χ3v) is 4.78. The van der Waals surface area contributed by atoms with E-state index in [2.05, 4.69) is 29.1 Å². The SMILES string of the molecule is CCNC(=NCC(=O)N(C)CC(F)(F)F)N1CCC(C(CC)CC)C1. The minimum absolute atomic E-state index is 0.277. The highest BCUT2D eigenvalue weighted by molar-refractivity contribution is 5.85. The number of aliphatic imine (C=N–C) groups is 1. The van der Waals surface area contributed by atoms with Gasteiger partial charge in [0, 0.05) is 26.7 Å². The van der Waals surface area contributed by atoms with E-state index in [0.717, 1.165) is 39.4 Å². The normalized spacial score (nSPS) is 18.8. The van der Waals surface area contributed by atoms with Gasteiger partial charge in [0.2, 0.25) is 5.91 Å². The van der Waals surface area contributed by atoms with Crippen LogP contribution in [0.1, 0.15) is 40.0 Å². The van der Waals surface area contributed by atoms with Crippen LogP contribution in [0.5, 0.6) is 0 Å². The molecule has 0 saturated carbocycles. The van der Waals surface area contributed by atoms with Crippen molar-refractivity contribution in [3.63, 3.8) is 0 Å². The summed E-state index contributed by atoms with van der Waals surface area (Å²) in [5.41, 5.74) is 0. The van der Waals surface area contributed by atoms with Crippen molar-refractivity contribution in [2.45, 2.75) is 46.2 Å². The lowest BCUT2D eigenvalue weighted by molar-refractivity contribution is -0.157. The average molecular weight is 364 g/mol. The van der Waals surface area contributed by atoms with Crippen molar-refractivity contribution in [2.24, 2.45) is 16.8 Å². The Bertz CT molecular complexity index is 450. The lowest BCUT2D eigenvalue weighted by atomic mass is 9.87. The van der Waals surface area contributed by atoms with E-state index in [0.29, 0.717) is 29.2 Å². The van der Waals surface area contributed by atoms with Crippen LogP contribution in [0, 0.1) is 11.8 Å². The minimum Gasteiger partial charge on any atom is -0.357 e. The van der Waals surface area contributed by atoms with E-state index >= 15 is 0 Å². The Morgan fingerprint density at radius 3 is 2.48 bits per heavy atom. The molecule has 8 heteroatoms. The van der Waals surface area contributed by atoms with Crippen LogP contribution in [0.15, 0.2) is 4.99 Å². The van der Waals surface area contributed by atoms with Crippen LogP contribution in [0.3, 0.4) is 0 Å². The van der Waals surface area contributed by atoms with Crippen molar-refractivity contribution in [1.82, 2.24) is 15.1 Å². The van der Waals surface area contributed by atoms with Crippen LogP contribution in [0.25, 0.3) is 0 Å². The van der Waals surface area contributed by atoms with Crippen molar-refractivity contribution in [2.75, 3.05) is 39.8 Å². The van der Waals surface area contributed by atoms with Crippen LogP contribution in [-0.4, -0.2) is 67.6 Å². The molecule has 1 aliphatic rings. The number of likely N-dealkylation sites (N-methyl/N-ethyl adjacent to an activating group) is 1. The number of guanidine groups is 1. The van der Waals surface area contributed by atoms with Crippen LogP contribution >= 0.6 is 0 Å². The number of hydrogen-bond acceptors (Lipinski definition) is 2. The maximum Gasteiger partial charge on any atom is 0.406 e. The molecule has 25 heavy (non-hydrogen) atoms. The summed E-state index contributed by atoms with van der Waals surface area (Å²) in [5, 5.41) is 3.15. The number of halogens is 3. The molecular weight excluding hydrogens is 333 g/mol. The molecule has 0 radical (unpaired) electrons. The summed E-state index contributed by atoms with van der Waals surface area (Å²) >= 11 is 0. The van der Waals surface area contributed by atoms with Crippen molar-refractivity contribution < 1.29 is 18.0 Å². The standard InChI is InChI=1S/C17H31F3N4O/c1-5-13(6-2)14-8-9-24(11-14)16(21-7-3)22-10-15(25)23(4)12-17(18,19)20/h13-14H,5-12H2,1-4H3,(H,21,22). The van der Waals surface area contributed by atoms with Gasteiger partial charge in [-0.3, -0.25) is 4.79 Å². The maximum atomic E-state index is 12.4. The number of likely N-dealkylation sites (tertiary alicyclic amines) is 1. The Morgan fingerprint density at radius 1 is 1.32 bits per heavy atom. The molecule has 1 N–H and O–H groups in total. The van der Waals surface area contributed by atoms with Gasteiger partial charge < -0.3 is 15.1 Å². The van der Waals surface area contributed by atoms with Gasteiger partial charge >= 0.3 is 6.18 Å². The van der Waals surface area contributed by atoms with E-state index in [9.17, 15) is 18.0 Å². The van der Waals surface area contributed by atoms with Crippen LogP contribution in [0.4, 0.5) is 13.2 Å². The highest BCUT2D eigenvalue weighted by atomic mass is 19.4. The molecule has 1 amide bonds. The highest BCUT2D eigenvalue weighted by Gasteiger charge is 2.32. The first-order valence-electron chi connectivity index (χ1n) is 9.05. The summed E-state index contributed by atoms with van der Waals surface area (Å²) in [4.78, 5) is 18.9. The zero-order valence-corrected chi connectivity index (χ0v) is 15.7. The summed E-state index contributed by atoms with van der Waals surface area (Å²) in [6, 6.07) is 0. The molecule has 0 aliphatic carbocycles. The van der Waals surface area contributed by atoms with Gasteiger partial charge in [-0.1, -0.05) is 26.7 Å². The molecule has 0 aromatic heterocycles. The van der Waals surface area contributed by atoms with Gasteiger partial charge in [-0.05, 0) is 25.2 Å². The Kier molecular flexibility index (Phi) is 8.52. The molecule has 146 valence electrons. The van der Waals surface area contributed by atoms with Crippen LogP contribution in [-0.2, 0) is 4.79 Å². The summed E-state index contributed by atoms with van der Waals surface area (Å²) in [6.45, 7) is 7.19. The molecule has 1 heterocycles. The molecule has 1 unspecified atom stereocenters. The largest absolute Gasteiger partial charge is 0.406 e. The third kappa shape index (κ3) is 7.12. The fourth-order valence-electron chi connectivity index (χ4n) is 3.37. The zero-order chi connectivity index (χ0) is 19.0. The number of nitrogens with zero attached hydrogens (tertiary/aromatic N) is 3. The molecular formula is C17H31F3N4O. The van der Waals surface area contributed by atoms with Gasteiger partial charge in [0.15, 0.2) is 5.96 Å². The van der Waals surface area contributed by atoms with Crippen LogP contribution in [0.2, 0.25) is 0 Å². The molecule has 0 bridgehead atoms. The Morgan fingerprint density at radius 2 is 1.96 bits per heavy atom. The average Bonchev–Trinajstić information content (AvgIpc) is 3.00. The lowest BCUT2D eigenvalue weighted by Gasteiger charge is -2.24. The van der Waals surface area contributed by atoms with Gasteiger partial charge in [-0.25, -0.2) is 4.99 Å². The molecule has 0 spiro atoms. The monoisotopic (exact) mass is 364 g/mol. The van der Waals surface area contributed by atoms with Gasteiger partial charge in [0.25, 0.3) is 0 Å². The summed E-state index contributed by atoms with van der Waals surface area (Å²) in [7, 11) is 1.15. The Balaban J connectivity index is 2.67. The number of hydrogen-bond donors (Lipinski definition) is 1. The van der Waals surface area contributed by atoms with Gasteiger partial charge in [0.1, 0.15) is 13.1 Å². The van der Waals surface area contributed by atoms with Crippen molar-refractivity contribution in [1.29, 1.82) is 0 Å². The number of nitrogens with one attached hydrogen (secondary N) is 1. The zero-order valence-electron chi connectivity index (χ0n) is 15.7. The molecule has 1 saturated heterocycles. The van der Waals surface area contributed by atoms with Gasteiger partial charge in [-0.2, -0.15) is 13.2 Å². The molecule has 5 nitrogen and oxygen atoms in total. The van der Waals surface area contributed by atoms with Crippen molar-refractivity contribution >= 4 is 11.9 Å². The fraction of sp³-hybridized carbons (Fsp3) is 0.882. The van der Waals surface area contributed by atoms with E-state index in [-0.39, 0.29) is 6.54 Å². The van der Waals surface area contributed by atoms with Gasteiger partial charge in [0.05, 0.1) is 0 Å². The first-order chi connectivity index (χ1) is 11.7. The summed E-state index contributed by atoms with van der Waals surface area (Å²) in [6.07, 6.45) is -1.03. The lowest BCUT2D eigenvalue weighted by Crippen LogP contribution is -2.42. The highest BCUT2D eigenvalue weighted by Crippen LogP contribution is 2.28. The molecule has 1 aliphatic heterocycles. The van der Waals surface area contributed by atoms with E-state index in [1.807, 2.05) is 6.92 Å². The number of alkyl halides is 3. The smallest absolute Gasteiger partial charge is 0.357 e. The molecule has 1 rings (SSSR count). The predicted molar refractivity (Wildman–Crippen MR) is 93.4 cm³/mol. The van der Waals surface area contributed by atoms with E-state index < -0.39 is 18.6 Å². The second-order valence-corrected chi connectivity index (χ2v) is 6.61. The van der Waals surface area contributed by atoms with E-state index in [4.69, 9.17) is 0 Å². The Labute approximate surface area is 148 Å². The molecule has 1 fully saturated rings. The van der Waals surface area contributed by atoms with Crippen LogP contribution < -0.4 is 5.32 Å². The maximum absolute atomic E-state index is 12.4. The third-order valence-electron chi connectivity index (χ3n) is 4.78. The molecule has 1 atom stereocenters. The molecule has 0 aromatic rings. The first-order valence-corrected chi connectivity index (χ1v) is 9.05. The summed E-state index contributed by atoms with van der Waals surface area (Å²) < 4.78 is 37.1. The van der Waals surface area contributed by atoms with Crippen molar-refractivity contribution in [3.8, 4) is 0 Å². The van der Waals surface area contributed by atoms with Gasteiger partial charge in [-0.15, -0.1) is 0 Å². The second kappa shape index (κ2) is 9.87. The number of carbonyl (C=O) groups excluding carboxylic acids is 1. The quantitative estimate of drug-likeness (QED) is 0.558. The summed E-state index contributed by atoms with van der Waals surface area (Å²) in [5.74, 6) is 1.25. The minimum atomic E-state index is -4.39. The topological polar surface area (TPSA) is 47.9 Å².